The van der Waals surface area contributed by atoms with E-state index in [9.17, 15) is 4.89 Å². The first-order chi connectivity index (χ1) is 14.0. The fourth-order valence-electron chi connectivity index (χ4n) is 3.61. The van der Waals surface area contributed by atoms with E-state index in [4.69, 9.17) is 42.0 Å². The maximum absolute atomic E-state index is 10.7. The molecule has 0 aliphatic carbocycles. The van der Waals surface area contributed by atoms with Crippen molar-refractivity contribution < 1.29 is 23.6 Å². The van der Waals surface area contributed by atoms with Crippen LogP contribution in [0.15, 0.2) is 6.33 Å². The predicted molar refractivity (Wildman–Crippen MR) is 114 cm³/mol. The molecule has 5 N–H and O–H groups in total. The summed E-state index contributed by atoms with van der Waals surface area (Å²) in [4.78, 5) is 23.3. The Balaban J connectivity index is 1.73. The van der Waals surface area contributed by atoms with Gasteiger partial charge in [0.05, 0.1) is 25.6 Å². The number of imidazole rings is 1. The normalized spacial score (nSPS) is 30.6. The zero-order chi connectivity index (χ0) is 21.8. The average Bonchev–Trinajstić information content (AvgIpc) is 3.30. The Morgan fingerprint density at radius 1 is 1.37 bits per heavy atom. The number of nitrogens with zero attached hydrogens (tertiary/aromatic N) is 4. The van der Waals surface area contributed by atoms with Crippen LogP contribution in [0.25, 0.3) is 11.2 Å². The van der Waals surface area contributed by atoms with Crippen LogP contribution < -0.4 is 11.5 Å². The summed E-state index contributed by atoms with van der Waals surface area (Å²) in [6.45, 7) is 4.93. The zero-order valence-electron chi connectivity index (χ0n) is 17.3. The molecule has 0 aromatic carbocycles. The number of aromatic nitrogens is 4. The van der Waals surface area contributed by atoms with Crippen molar-refractivity contribution in [2.75, 3.05) is 24.7 Å². The Morgan fingerprint density at radius 3 is 2.77 bits per heavy atom. The standard InChI is InChI=1S/C17H27N6O5PS/c1-8(2)25-5-17-6-26-11(12(17)28-29(24,30)9(3)4)15(27-17)23-7-20-10-13(18)21-16(19)22-14(10)23/h7-9,11-12,15H,5-6H2,1-4H3,(H,24,30)(H4,18,19,21,22)/t11-,12?,15+,17-,29?/m0/s1. The van der Waals surface area contributed by atoms with Crippen molar-refractivity contribution in [3.63, 3.8) is 0 Å². The van der Waals surface area contributed by atoms with Gasteiger partial charge in [-0.25, -0.2) is 4.98 Å². The molecule has 30 heavy (non-hydrogen) atoms. The second-order valence-corrected chi connectivity index (χ2v) is 12.1. The van der Waals surface area contributed by atoms with Gasteiger partial charge < -0.3 is 35.1 Å². The van der Waals surface area contributed by atoms with E-state index in [0.29, 0.717) is 11.2 Å². The molecule has 2 aromatic heterocycles. The Bertz CT molecular complexity index is 1000. The summed E-state index contributed by atoms with van der Waals surface area (Å²) in [5.74, 6) is 0.207. The Morgan fingerprint density at radius 2 is 2.10 bits per heavy atom. The molecule has 5 atom stereocenters. The van der Waals surface area contributed by atoms with Crippen LogP contribution in [0.4, 0.5) is 11.8 Å². The van der Waals surface area contributed by atoms with E-state index in [0.717, 1.165) is 0 Å². The second kappa shape index (κ2) is 7.63. The van der Waals surface area contributed by atoms with Gasteiger partial charge in [-0.15, -0.1) is 0 Å². The van der Waals surface area contributed by atoms with Gasteiger partial charge in [-0.3, -0.25) is 4.57 Å². The molecule has 2 unspecified atom stereocenters. The summed E-state index contributed by atoms with van der Waals surface area (Å²) in [7, 11) is 0. The minimum absolute atomic E-state index is 0.0228. The summed E-state index contributed by atoms with van der Waals surface area (Å²) in [5, 5.41) is 0. The quantitative estimate of drug-likeness (QED) is 0.513. The van der Waals surface area contributed by atoms with Crippen molar-refractivity contribution in [2.24, 2.45) is 0 Å². The molecule has 0 amide bonds. The minimum Gasteiger partial charge on any atom is -0.382 e. The maximum Gasteiger partial charge on any atom is 0.224 e. The van der Waals surface area contributed by atoms with Crippen LogP contribution in [0.5, 0.6) is 0 Å². The number of rotatable bonds is 7. The van der Waals surface area contributed by atoms with E-state index in [-0.39, 0.29) is 36.7 Å². The van der Waals surface area contributed by atoms with Gasteiger partial charge in [0.15, 0.2) is 24.2 Å². The van der Waals surface area contributed by atoms with Gasteiger partial charge in [0.25, 0.3) is 0 Å². The third kappa shape index (κ3) is 3.60. The molecule has 2 aliphatic rings. The van der Waals surface area contributed by atoms with Gasteiger partial charge in [-0.2, -0.15) is 9.97 Å². The first kappa shape index (κ1) is 21.8. The predicted octanol–water partition coefficient (Wildman–Crippen LogP) is 1.18. The van der Waals surface area contributed by atoms with Gasteiger partial charge in [-0.05, 0) is 25.7 Å². The van der Waals surface area contributed by atoms with Crippen LogP contribution in [-0.4, -0.2) is 67.2 Å². The number of hydrogen-bond acceptors (Lipinski definition) is 10. The lowest BCUT2D eigenvalue weighted by Gasteiger charge is -2.33. The largest absolute Gasteiger partial charge is 0.382 e. The summed E-state index contributed by atoms with van der Waals surface area (Å²) >= 11 is 5.39. The highest BCUT2D eigenvalue weighted by molar-refractivity contribution is 8.09. The van der Waals surface area contributed by atoms with E-state index in [2.05, 4.69) is 15.0 Å². The van der Waals surface area contributed by atoms with Gasteiger partial charge in [0.1, 0.15) is 23.3 Å². The number of anilines is 2. The van der Waals surface area contributed by atoms with E-state index >= 15 is 0 Å². The molecule has 4 rings (SSSR count). The van der Waals surface area contributed by atoms with Crippen LogP contribution >= 0.6 is 6.49 Å². The van der Waals surface area contributed by atoms with Crippen molar-refractivity contribution in [1.82, 2.24) is 19.5 Å². The van der Waals surface area contributed by atoms with Crippen LogP contribution in [0.2, 0.25) is 0 Å². The van der Waals surface area contributed by atoms with Gasteiger partial charge >= 0.3 is 0 Å². The molecular weight excluding hydrogens is 431 g/mol. The number of nitrogens with two attached hydrogens (primary N) is 2. The Labute approximate surface area is 179 Å². The van der Waals surface area contributed by atoms with Crippen molar-refractivity contribution in [3.05, 3.63) is 6.33 Å². The monoisotopic (exact) mass is 458 g/mol. The molecule has 166 valence electrons. The fraction of sp³-hybridized carbons (Fsp3) is 0.706. The number of hydrogen-bond donors (Lipinski definition) is 3. The molecular formula is C17H27N6O5PS. The van der Waals surface area contributed by atoms with Crippen LogP contribution in [0.1, 0.15) is 33.9 Å². The van der Waals surface area contributed by atoms with E-state index in [1.807, 2.05) is 27.7 Å². The molecule has 13 heteroatoms. The first-order valence-electron chi connectivity index (χ1n) is 9.71. The van der Waals surface area contributed by atoms with Crippen LogP contribution in [0, 0.1) is 0 Å². The molecule has 2 bridgehead atoms. The van der Waals surface area contributed by atoms with E-state index in [1.54, 1.807) is 10.9 Å². The lowest BCUT2D eigenvalue weighted by Crippen LogP contribution is -2.46. The molecule has 0 spiro atoms. The highest BCUT2D eigenvalue weighted by atomic mass is 32.5. The van der Waals surface area contributed by atoms with Gasteiger partial charge in [0, 0.05) is 5.66 Å². The van der Waals surface area contributed by atoms with Gasteiger partial charge in [0.2, 0.25) is 5.95 Å². The SMILES string of the molecule is CC(C)OC[C@]12CO[C@@H](C1OP(O)(=S)C(C)C)[C@H](n1cnc3c(N)nc(N)nc31)O2. The maximum atomic E-state index is 10.7. The number of nitrogen functional groups attached to an aromatic ring is 2. The molecule has 0 saturated carbocycles. The summed E-state index contributed by atoms with van der Waals surface area (Å²) in [6.07, 6.45) is -0.279. The lowest BCUT2D eigenvalue weighted by molar-refractivity contribution is -0.195. The highest BCUT2D eigenvalue weighted by Gasteiger charge is 2.64. The van der Waals surface area contributed by atoms with Crippen LogP contribution in [-0.2, 0) is 30.5 Å². The summed E-state index contributed by atoms with van der Waals surface area (Å²) in [6, 6.07) is 0. The minimum atomic E-state index is -3.08. The molecule has 2 aliphatic heterocycles. The highest BCUT2D eigenvalue weighted by Crippen LogP contribution is 2.56. The van der Waals surface area contributed by atoms with E-state index in [1.165, 1.54) is 0 Å². The number of fused-ring (bicyclic) bond motifs is 3. The molecule has 0 radical (unpaired) electrons. The first-order valence-corrected chi connectivity index (χ1v) is 12.5. The van der Waals surface area contributed by atoms with E-state index < -0.39 is 30.5 Å². The Kier molecular flexibility index (Phi) is 5.55. The van der Waals surface area contributed by atoms with Crippen molar-refractivity contribution in [1.29, 1.82) is 0 Å². The topological polar surface area (TPSA) is 153 Å². The van der Waals surface area contributed by atoms with Crippen LogP contribution in [0.3, 0.4) is 0 Å². The van der Waals surface area contributed by atoms with Crippen molar-refractivity contribution >= 4 is 41.2 Å². The van der Waals surface area contributed by atoms with Gasteiger partial charge in [-0.1, -0.05) is 13.8 Å². The molecule has 2 saturated heterocycles. The molecule has 2 fully saturated rings. The zero-order valence-corrected chi connectivity index (χ0v) is 19.0. The summed E-state index contributed by atoms with van der Waals surface area (Å²) in [5.41, 5.74) is 11.4. The third-order valence-electron chi connectivity index (χ3n) is 5.29. The lowest BCUT2D eigenvalue weighted by atomic mass is 10.0. The smallest absolute Gasteiger partial charge is 0.224 e. The Hall–Kier alpha value is -1.40. The second-order valence-electron chi connectivity index (χ2n) is 8.18. The molecule has 2 aromatic rings. The van der Waals surface area contributed by atoms with Crippen molar-refractivity contribution in [3.8, 4) is 0 Å². The van der Waals surface area contributed by atoms with Crippen molar-refractivity contribution in [2.45, 2.75) is 63.5 Å². The average molecular weight is 458 g/mol. The fourth-order valence-corrected chi connectivity index (χ4v) is 4.77. The molecule has 11 nitrogen and oxygen atoms in total. The molecule has 4 heterocycles. The number of ether oxygens (including phenoxy) is 3. The third-order valence-corrected chi connectivity index (χ3v) is 8.65. The summed E-state index contributed by atoms with van der Waals surface area (Å²) < 4.78 is 26.1.